The van der Waals surface area contributed by atoms with Crippen LogP contribution in [0.2, 0.25) is 0 Å². The third kappa shape index (κ3) is 1.87. The van der Waals surface area contributed by atoms with Gasteiger partial charge in [-0.15, -0.1) is 0 Å². The fourth-order valence-corrected chi connectivity index (χ4v) is 2.05. The predicted molar refractivity (Wildman–Crippen MR) is 74.9 cm³/mol. The Morgan fingerprint density at radius 1 is 1.15 bits per heavy atom. The number of pyridine rings is 1. The molecule has 2 amide bonds. The number of anilines is 3. The summed E-state index contributed by atoms with van der Waals surface area (Å²) in [5.74, 6) is -0.238. The lowest BCUT2D eigenvalue weighted by molar-refractivity contribution is 0.0879. The number of nitrogen functional groups attached to an aromatic ring is 1. The quantitative estimate of drug-likeness (QED) is 0.719. The molecule has 4 N–H and O–H groups in total. The highest BCUT2D eigenvalue weighted by molar-refractivity contribution is 6.21. The number of aromatic nitrogens is 1. The van der Waals surface area contributed by atoms with Crippen molar-refractivity contribution >= 4 is 29.0 Å². The van der Waals surface area contributed by atoms with E-state index in [0.717, 1.165) is 5.56 Å². The Morgan fingerprint density at radius 2 is 1.90 bits per heavy atom. The summed E-state index contributed by atoms with van der Waals surface area (Å²) in [5.41, 5.74) is 8.78. The highest BCUT2D eigenvalue weighted by Gasteiger charge is 2.26. The number of carbonyl (C=O) groups is 2. The lowest BCUT2D eigenvalue weighted by Crippen LogP contribution is -2.19. The van der Waals surface area contributed by atoms with Crippen LogP contribution in [-0.2, 0) is 0 Å². The topological polar surface area (TPSA) is 97.1 Å². The molecule has 0 fully saturated rings. The van der Waals surface area contributed by atoms with Gasteiger partial charge in [0.15, 0.2) is 5.82 Å². The van der Waals surface area contributed by atoms with Crippen LogP contribution in [0.1, 0.15) is 26.3 Å². The van der Waals surface area contributed by atoms with Crippen LogP contribution in [0.5, 0.6) is 0 Å². The first-order valence-corrected chi connectivity index (χ1v) is 6.04. The molecule has 6 heteroatoms. The van der Waals surface area contributed by atoms with Crippen LogP contribution in [0.3, 0.4) is 0 Å². The van der Waals surface area contributed by atoms with Crippen molar-refractivity contribution in [2.45, 2.75) is 6.92 Å². The van der Waals surface area contributed by atoms with Crippen LogP contribution in [-0.4, -0.2) is 16.8 Å². The molecule has 3 rings (SSSR count). The summed E-state index contributed by atoms with van der Waals surface area (Å²) in [7, 11) is 0. The summed E-state index contributed by atoms with van der Waals surface area (Å²) in [4.78, 5) is 27.2. The number of fused-ring (bicyclic) bond motifs is 1. The molecular weight excluding hydrogens is 256 g/mol. The number of rotatable bonds is 2. The summed E-state index contributed by atoms with van der Waals surface area (Å²) >= 11 is 0. The molecule has 0 atom stereocenters. The number of amides is 2. The van der Waals surface area contributed by atoms with E-state index in [1.165, 1.54) is 0 Å². The minimum atomic E-state index is -0.390. The minimum Gasteiger partial charge on any atom is -0.396 e. The molecule has 1 aromatic heterocycles. The number of nitrogens with zero attached hydrogens (tertiary/aromatic N) is 1. The van der Waals surface area contributed by atoms with E-state index < -0.39 is 0 Å². The monoisotopic (exact) mass is 268 g/mol. The molecule has 0 aliphatic carbocycles. The number of aryl methyl sites for hydroxylation is 1. The zero-order valence-corrected chi connectivity index (χ0v) is 10.7. The molecule has 0 saturated heterocycles. The fraction of sp³-hybridized carbons (Fsp3) is 0.0714. The first kappa shape index (κ1) is 12.2. The van der Waals surface area contributed by atoms with E-state index in [1.807, 2.05) is 13.0 Å². The lowest BCUT2D eigenvalue weighted by Gasteiger charge is -2.10. The number of hydrogen-bond acceptors (Lipinski definition) is 5. The van der Waals surface area contributed by atoms with Crippen LogP contribution in [0.15, 0.2) is 30.5 Å². The molecule has 1 aliphatic rings. The Balaban J connectivity index is 1.97. The SMILES string of the molecule is Cc1ccnc(Nc2ccc3c(c2)C(=O)NC3=O)c1N. The second kappa shape index (κ2) is 4.34. The second-order valence-electron chi connectivity index (χ2n) is 4.56. The molecule has 6 nitrogen and oxygen atoms in total. The smallest absolute Gasteiger partial charge is 0.259 e. The average Bonchev–Trinajstić information content (AvgIpc) is 2.70. The third-order valence-corrected chi connectivity index (χ3v) is 3.21. The molecule has 100 valence electrons. The highest BCUT2D eigenvalue weighted by atomic mass is 16.2. The van der Waals surface area contributed by atoms with Gasteiger partial charge < -0.3 is 11.1 Å². The van der Waals surface area contributed by atoms with Gasteiger partial charge in [0.25, 0.3) is 11.8 Å². The molecule has 0 radical (unpaired) electrons. The first-order chi connectivity index (χ1) is 9.56. The van der Waals surface area contributed by atoms with Crippen LogP contribution in [0, 0.1) is 6.92 Å². The van der Waals surface area contributed by atoms with E-state index in [0.29, 0.717) is 28.3 Å². The molecule has 0 bridgehead atoms. The second-order valence-corrected chi connectivity index (χ2v) is 4.56. The van der Waals surface area contributed by atoms with Gasteiger partial charge in [0.1, 0.15) is 0 Å². The summed E-state index contributed by atoms with van der Waals surface area (Å²) in [6, 6.07) is 6.73. The molecule has 2 aromatic rings. The molecule has 1 aromatic carbocycles. The van der Waals surface area contributed by atoms with E-state index in [1.54, 1.807) is 24.4 Å². The lowest BCUT2D eigenvalue weighted by atomic mass is 10.1. The van der Waals surface area contributed by atoms with Crippen molar-refractivity contribution in [1.29, 1.82) is 0 Å². The highest BCUT2D eigenvalue weighted by Crippen LogP contribution is 2.26. The average molecular weight is 268 g/mol. The fourth-order valence-electron chi connectivity index (χ4n) is 2.05. The van der Waals surface area contributed by atoms with Crippen molar-refractivity contribution in [2.75, 3.05) is 11.1 Å². The molecule has 0 saturated carbocycles. The first-order valence-electron chi connectivity index (χ1n) is 6.04. The van der Waals surface area contributed by atoms with Crippen molar-refractivity contribution in [3.05, 3.63) is 47.2 Å². The van der Waals surface area contributed by atoms with Gasteiger partial charge in [-0.3, -0.25) is 14.9 Å². The van der Waals surface area contributed by atoms with Gasteiger partial charge in [-0.05, 0) is 36.8 Å². The Hall–Kier alpha value is -2.89. The number of hydrogen-bond donors (Lipinski definition) is 3. The summed E-state index contributed by atoms with van der Waals surface area (Å²) in [6.07, 6.45) is 1.65. The molecule has 20 heavy (non-hydrogen) atoms. The number of carbonyl (C=O) groups excluding carboxylic acids is 2. The van der Waals surface area contributed by atoms with E-state index >= 15 is 0 Å². The standard InChI is InChI=1S/C14H12N4O2/c1-7-4-5-16-12(11(7)15)17-8-2-3-9-10(6-8)14(20)18-13(9)19/h2-6H,15H2,1H3,(H,16,17)(H,18,19,20). The van der Waals surface area contributed by atoms with Crippen molar-refractivity contribution in [3.63, 3.8) is 0 Å². The maximum Gasteiger partial charge on any atom is 0.259 e. The molecule has 0 spiro atoms. The largest absolute Gasteiger partial charge is 0.396 e. The Labute approximate surface area is 115 Å². The van der Waals surface area contributed by atoms with Crippen molar-refractivity contribution in [2.24, 2.45) is 0 Å². The maximum absolute atomic E-state index is 11.6. The van der Waals surface area contributed by atoms with Gasteiger partial charge in [0, 0.05) is 11.9 Å². The van der Waals surface area contributed by atoms with E-state index in [9.17, 15) is 9.59 Å². The van der Waals surface area contributed by atoms with E-state index in [4.69, 9.17) is 5.73 Å². The van der Waals surface area contributed by atoms with E-state index in [-0.39, 0.29) is 11.8 Å². The maximum atomic E-state index is 11.6. The zero-order valence-electron chi connectivity index (χ0n) is 10.7. The van der Waals surface area contributed by atoms with Crippen LogP contribution < -0.4 is 16.4 Å². The van der Waals surface area contributed by atoms with Crippen molar-refractivity contribution in [3.8, 4) is 0 Å². The molecule has 2 heterocycles. The third-order valence-electron chi connectivity index (χ3n) is 3.21. The minimum absolute atomic E-state index is 0.353. The Kier molecular flexibility index (Phi) is 2.64. The van der Waals surface area contributed by atoms with Gasteiger partial charge in [0.05, 0.1) is 16.8 Å². The number of nitrogens with two attached hydrogens (primary N) is 1. The molecule has 0 unspecified atom stereocenters. The number of benzene rings is 1. The van der Waals surface area contributed by atoms with Gasteiger partial charge in [0.2, 0.25) is 0 Å². The van der Waals surface area contributed by atoms with Gasteiger partial charge in [-0.25, -0.2) is 4.98 Å². The van der Waals surface area contributed by atoms with Gasteiger partial charge in [-0.2, -0.15) is 0 Å². The van der Waals surface area contributed by atoms with E-state index in [2.05, 4.69) is 15.6 Å². The summed E-state index contributed by atoms with van der Waals surface area (Å²) in [6.45, 7) is 1.89. The van der Waals surface area contributed by atoms with Gasteiger partial charge in [-0.1, -0.05) is 0 Å². The van der Waals surface area contributed by atoms with Crippen molar-refractivity contribution < 1.29 is 9.59 Å². The normalized spacial score (nSPS) is 13.1. The summed E-state index contributed by atoms with van der Waals surface area (Å²) in [5, 5.41) is 5.30. The summed E-state index contributed by atoms with van der Waals surface area (Å²) < 4.78 is 0. The van der Waals surface area contributed by atoms with Crippen LogP contribution in [0.4, 0.5) is 17.2 Å². The predicted octanol–water partition coefficient (Wildman–Crippen LogP) is 1.60. The Bertz CT molecular complexity index is 740. The van der Waals surface area contributed by atoms with Crippen molar-refractivity contribution in [1.82, 2.24) is 10.3 Å². The molecule has 1 aliphatic heterocycles. The van der Waals surface area contributed by atoms with Gasteiger partial charge >= 0.3 is 0 Å². The molecular formula is C14H12N4O2. The Morgan fingerprint density at radius 3 is 2.70 bits per heavy atom. The number of imide groups is 1. The number of nitrogens with one attached hydrogen (secondary N) is 2. The van der Waals surface area contributed by atoms with Crippen LogP contribution in [0.25, 0.3) is 0 Å². The van der Waals surface area contributed by atoms with Crippen LogP contribution >= 0.6 is 0 Å². The zero-order chi connectivity index (χ0) is 14.3.